The third kappa shape index (κ3) is 2.54. The van der Waals surface area contributed by atoms with Crippen LogP contribution in [0.2, 0.25) is 0 Å². The lowest BCUT2D eigenvalue weighted by Gasteiger charge is -2.44. The Hall–Kier alpha value is -1.86. The van der Waals surface area contributed by atoms with Gasteiger partial charge in [0.15, 0.2) is 0 Å². The lowest BCUT2D eigenvalue weighted by atomic mass is 9.99. The van der Waals surface area contributed by atoms with Crippen molar-refractivity contribution in [2.75, 3.05) is 26.2 Å². The van der Waals surface area contributed by atoms with Crippen molar-refractivity contribution in [3.8, 4) is 6.07 Å². The number of piperazine rings is 1. The number of fused-ring (bicyclic) bond motifs is 1. The molecule has 2 saturated heterocycles. The Morgan fingerprint density at radius 2 is 1.95 bits per heavy atom. The predicted octanol–water partition coefficient (Wildman–Crippen LogP) is 1.87. The zero-order chi connectivity index (χ0) is 13.9. The Kier molecular flexibility index (Phi) is 3.70. The van der Waals surface area contributed by atoms with Gasteiger partial charge < -0.3 is 4.90 Å². The highest BCUT2D eigenvalue weighted by atomic mass is 16.2. The smallest absolute Gasteiger partial charge is 0.253 e. The van der Waals surface area contributed by atoms with Crippen molar-refractivity contribution in [1.29, 1.82) is 5.26 Å². The summed E-state index contributed by atoms with van der Waals surface area (Å²) in [5.74, 6) is 0.0970. The number of nitrogens with zero attached hydrogens (tertiary/aromatic N) is 3. The average Bonchev–Trinajstić information content (AvgIpc) is 2.54. The number of hydrogen-bond donors (Lipinski definition) is 0. The van der Waals surface area contributed by atoms with E-state index in [4.69, 9.17) is 5.26 Å². The third-order valence-corrected chi connectivity index (χ3v) is 4.39. The van der Waals surface area contributed by atoms with E-state index in [0.717, 1.165) is 19.6 Å². The molecule has 1 aromatic rings. The maximum absolute atomic E-state index is 12.5. The molecule has 0 aromatic heterocycles. The number of carbonyl (C=O) groups excluding carboxylic acids is 1. The van der Waals surface area contributed by atoms with Crippen molar-refractivity contribution in [2.45, 2.75) is 25.3 Å². The van der Waals surface area contributed by atoms with Gasteiger partial charge in [0.2, 0.25) is 0 Å². The first-order valence-corrected chi connectivity index (χ1v) is 7.31. The van der Waals surface area contributed by atoms with E-state index in [1.54, 1.807) is 24.3 Å². The summed E-state index contributed by atoms with van der Waals surface area (Å²) in [5, 5.41) is 8.79. The van der Waals surface area contributed by atoms with Crippen LogP contribution in [0.3, 0.4) is 0 Å². The van der Waals surface area contributed by atoms with Crippen LogP contribution in [0.25, 0.3) is 0 Å². The zero-order valence-corrected chi connectivity index (χ0v) is 11.6. The zero-order valence-electron chi connectivity index (χ0n) is 11.6. The molecule has 1 atom stereocenters. The fraction of sp³-hybridized carbons (Fsp3) is 0.500. The van der Waals surface area contributed by atoms with Crippen LogP contribution in [-0.4, -0.2) is 47.9 Å². The van der Waals surface area contributed by atoms with E-state index in [2.05, 4.69) is 11.0 Å². The molecule has 0 aliphatic carbocycles. The molecule has 2 fully saturated rings. The minimum atomic E-state index is 0.0970. The summed E-state index contributed by atoms with van der Waals surface area (Å²) in [4.78, 5) is 17.0. The first-order chi connectivity index (χ1) is 9.78. The van der Waals surface area contributed by atoms with Gasteiger partial charge in [-0.15, -0.1) is 0 Å². The van der Waals surface area contributed by atoms with Crippen LogP contribution in [0.4, 0.5) is 0 Å². The summed E-state index contributed by atoms with van der Waals surface area (Å²) in [5.41, 5.74) is 1.28. The molecule has 1 aromatic carbocycles. The predicted molar refractivity (Wildman–Crippen MR) is 76.3 cm³/mol. The molecular formula is C16H19N3O. The molecule has 1 amide bonds. The van der Waals surface area contributed by atoms with Gasteiger partial charge in [-0.2, -0.15) is 5.26 Å². The van der Waals surface area contributed by atoms with Gasteiger partial charge in [-0.3, -0.25) is 9.69 Å². The van der Waals surface area contributed by atoms with Crippen molar-refractivity contribution in [3.05, 3.63) is 35.4 Å². The molecular weight excluding hydrogens is 250 g/mol. The van der Waals surface area contributed by atoms with Gasteiger partial charge in [-0.25, -0.2) is 0 Å². The van der Waals surface area contributed by atoms with Crippen molar-refractivity contribution >= 4 is 5.91 Å². The number of amides is 1. The molecule has 0 N–H and O–H groups in total. The van der Waals surface area contributed by atoms with Crippen molar-refractivity contribution in [3.63, 3.8) is 0 Å². The monoisotopic (exact) mass is 269 g/mol. The third-order valence-electron chi connectivity index (χ3n) is 4.39. The van der Waals surface area contributed by atoms with E-state index in [0.29, 0.717) is 17.2 Å². The highest BCUT2D eigenvalue weighted by molar-refractivity contribution is 5.94. The number of piperidine rings is 1. The van der Waals surface area contributed by atoms with Crippen LogP contribution in [0, 0.1) is 11.3 Å². The van der Waals surface area contributed by atoms with Crippen LogP contribution in [-0.2, 0) is 0 Å². The van der Waals surface area contributed by atoms with E-state index < -0.39 is 0 Å². The SMILES string of the molecule is N#Cc1ccc(C(=O)N2CCN3CCCCC3C2)cc1. The fourth-order valence-corrected chi connectivity index (χ4v) is 3.21. The number of hydrogen-bond acceptors (Lipinski definition) is 3. The first kappa shape index (κ1) is 13.1. The highest BCUT2D eigenvalue weighted by Crippen LogP contribution is 2.22. The van der Waals surface area contributed by atoms with Crippen LogP contribution >= 0.6 is 0 Å². The second-order valence-electron chi connectivity index (χ2n) is 5.63. The minimum Gasteiger partial charge on any atom is -0.336 e. The molecule has 20 heavy (non-hydrogen) atoms. The molecule has 0 radical (unpaired) electrons. The molecule has 1 unspecified atom stereocenters. The topological polar surface area (TPSA) is 47.3 Å². The van der Waals surface area contributed by atoms with Crippen LogP contribution in [0.1, 0.15) is 35.2 Å². The van der Waals surface area contributed by atoms with E-state index in [1.165, 1.54) is 25.8 Å². The second kappa shape index (κ2) is 5.64. The molecule has 0 saturated carbocycles. The van der Waals surface area contributed by atoms with E-state index in [1.807, 2.05) is 4.90 Å². The average molecular weight is 269 g/mol. The van der Waals surface area contributed by atoms with E-state index >= 15 is 0 Å². The summed E-state index contributed by atoms with van der Waals surface area (Å²) < 4.78 is 0. The lowest BCUT2D eigenvalue weighted by Crippen LogP contribution is -2.56. The Bertz CT molecular complexity index is 532. The lowest BCUT2D eigenvalue weighted by molar-refractivity contribution is 0.0372. The molecule has 2 aliphatic heterocycles. The van der Waals surface area contributed by atoms with Crippen molar-refractivity contribution in [1.82, 2.24) is 9.80 Å². The Balaban J connectivity index is 1.69. The maximum Gasteiger partial charge on any atom is 0.253 e. The summed E-state index contributed by atoms with van der Waals surface area (Å²) in [7, 11) is 0. The molecule has 4 nitrogen and oxygen atoms in total. The first-order valence-electron chi connectivity index (χ1n) is 7.31. The Labute approximate surface area is 119 Å². The number of nitriles is 1. The van der Waals surface area contributed by atoms with Gasteiger partial charge in [0.05, 0.1) is 11.6 Å². The van der Waals surface area contributed by atoms with Gasteiger partial charge in [0, 0.05) is 31.2 Å². The molecule has 2 aliphatic rings. The Morgan fingerprint density at radius 3 is 2.70 bits per heavy atom. The van der Waals surface area contributed by atoms with Crippen LogP contribution < -0.4 is 0 Å². The van der Waals surface area contributed by atoms with Gasteiger partial charge in [0.25, 0.3) is 5.91 Å². The minimum absolute atomic E-state index is 0.0970. The summed E-state index contributed by atoms with van der Waals surface area (Å²) in [6, 6.07) is 9.56. The van der Waals surface area contributed by atoms with Gasteiger partial charge >= 0.3 is 0 Å². The number of benzene rings is 1. The maximum atomic E-state index is 12.5. The standard InChI is InChI=1S/C16H19N3O/c17-11-13-4-6-14(7-5-13)16(20)19-10-9-18-8-2-1-3-15(18)12-19/h4-7,15H,1-3,8-10,12H2. The normalized spacial score (nSPS) is 22.9. The number of rotatable bonds is 1. The van der Waals surface area contributed by atoms with Crippen LogP contribution in [0.5, 0.6) is 0 Å². The fourth-order valence-electron chi connectivity index (χ4n) is 3.21. The molecule has 104 valence electrons. The van der Waals surface area contributed by atoms with Crippen molar-refractivity contribution in [2.24, 2.45) is 0 Å². The molecule has 3 rings (SSSR count). The van der Waals surface area contributed by atoms with Crippen molar-refractivity contribution < 1.29 is 4.79 Å². The second-order valence-corrected chi connectivity index (χ2v) is 5.63. The summed E-state index contributed by atoms with van der Waals surface area (Å²) in [6.07, 6.45) is 3.78. The molecule has 0 spiro atoms. The quantitative estimate of drug-likeness (QED) is 0.782. The van der Waals surface area contributed by atoms with Gasteiger partial charge in [-0.05, 0) is 43.7 Å². The van der Waals surface area contributed by atoms with Gasteiger partial charge in [-0.1, -0.05) is 6.42 Å². The molecule has 4 heteroatoms. The van der Waals surface area contributed by atoms with Crippen LogP contribution in [0.15, 0.2) is 24.3 Å². The Morgan fingerprint density at radius 1 is 1.15 bits per heavy atom. The molecule has 0 bridgehead atoms. The number of carbonyl (C=O) groups is 1. The highest BCUT2D eigenvalue weighted by Gasteiger charge is 2.31. The van der Waals surface area contributed by atoms with E-state index in [-0.39, 0.29) is 5.91 Å². The van der Waals surface area contributed by atoms with Gasteiger partial charge in [0.1, 0.15) is 0 Å². The largest absolute Gasteiger partial charge is 0.336 e. The summed E-state index contributed by atoms with van der Waals surface area (Å²) >= 11 is 0. The van der Waals surface area contributed by atoms with E-state index in [9.17, 15) is 4.79 Å². The molecule has 2 heterocycles. The summed E-state index contributed by atoms with van der Waals surface area (Å²) in [6.45, 7) is 3.84.